The fraction of sp³-hybridized carbons (Fsp3) is 0.750. The van der Waals surface area contributed by atoms with Crippen LogP contribution in [0.15, 0.2) is 0 Å². The Balaban J connectivity index is 2.57. The fourth-order valence-corrected chi connectivity index (χ4v) is 2.06. The lowest BCUT2D eigenvalue weighted by Gasteiger charge is -2.30. The van der Waals surface area contributed by atoms with Crippen LogP contribution in [0, 0.1) is 5.92 Å². The number of likely N-dealkylation sites (N-methyl/N-ethyl adjacent to an activating group) is 1. The van der Waals surface area contributed by atoms with Crippen LogP contribution in [0.1, 0.15) is 6.42 Å². The molecule has 0 spiro atoms. The van der Waals surface area contributed by atoms with Crippen molar-refractivity contribution < 1.29 is 24.2 Å². The van der Waals surface area contributed by atoms with Crippen LogP contribution in [0.4, 0.5) is 4.79 Å². The molecule has 0 aromatic carbocycles. The SMILES string of the molecule is CNC(=O)CCN(C)C(=O)N(C)C1COCC1C(=O)O. The first-order chi connectivity index (χ1) is 9.38. The highest BCUT2D eigenvalue weighted by atomic mass is 16.5. The number of hydrogen-bond donors (Lipinski definition) is 2. The molecule has 8 heteroatoms. The van der Waals surface area contributed by atoms with E-state index in [1.54, 1.807) is 14.1 Å². The zero-order valence-corrected chi connectivity index (χ0v) is 12.0. The highest BCUT2D eigenvalue weighted by molar-refractivity contribution is 5.79. The Morgan fingerprint density at radius 3 is 2.50 bits per heavy atom. The van der Waals surface area contributed by atoms with Crippen LogP contribution < -0.4 is 5.32 Å². The fourth-order valence-electron chi connectivity index (χ4n) is 2.06. The van der Waals surface area contributed by atoms with Crippen molar-refractivity contribution in [1.82, 2.24) is 15.1 Å². The Kier molecular flexibility index (Phi) is 5.75. The molecule has 1 aliphatic heterocycles. The smallest absolute Gasteiger partial charge is 0.319 e. The van der Waals surface area contributed by atoms with Gasteiger partial charge in [-0.3, -0.25) is 9.59 Å². The van der Waals surface area contributed by atoms with Crippen molar-refractivity contribution in [3.8, 4) is 0 Å². The summed E-state index contributed by atoms with van der Waals surface area (Å²) >= 11 is 0. The molecule has 1 fully saturated rings. The van der Waals surface area contributed by atoms with Gasteiger partial charge < -0.3 is 25.0 Å². The second kappa shape index (κ2) is 7.09. The minimum absolute atomic E-state index is 0.111. The van der Waals surface area contributed by atoms with Gasteiger partial charge in [0.1, 0.15) is 5.92 Å². The van der Waals surface area contributed by atoms with Crippen molar-refractivity contribution in [2.75, 3.05) is 40.9 Å². The van der Waals surface area contributed by atoms with E-state index in [-0.39, 0.29) is 38.1 Å². The van der Waals surface area contributed by atoms with Crippen molar-refractivity contribution in [2.24, 2.45) is 5.92 Å². The Morgan fingerprint density at radius 1 is 1.30 bits per heavy atom. The monoisotopic (exact) mass is 287 g/mol. The lowest BCUT2D eigenvalue weighted by Crippen LogP contribution is -2.49. The van der Waals surface area contributed by atoms with E-state index in [2.05, 4.69) is 5.32 Å². The largest absolute Gasteiger partial charge is 0.481 e. The molecule has 3 amide bonds. The Morgan fingerprint density at radius 2 is 1.95 bits per heavy atom. The molecule has 1 aliphatic rings. The normalized spacial score (nSPS) is 21.4. The number of aliphatic carboxylic acids is 1. The summed E-state index contributed by atoms with van der Waals surface area (Å²) in [5.74, 6) is -1.84. The van der Waals surface area contributed by atoms with Crippen LogP contribution >= 0.6 is 0 Å². The molecule has 0 aromatic heterocycles. The van der Waals surface area contributed by atoms with Gasteiger partial charge in [-0.2, -0.15) is 0 Å². The predicted octanol–water partition coefficient (Wildman–Crippen LogP) is -0.794. The van der Waals surface area contributed by atoms with Gasteiger partial charge in [0, 0.05) is 34.1 Å². The summed E-state index contributed by atoms with van der Waals surface area (Å²) < 4.78 is 5.14. The van der Waals surface area contributed by atoms with Crippen LogP contribution in [-0.4, -0.2) is 79.8 Å². The van der Waals surface area contributed by atoms with E-state index in [0.717, 1.165) is 0 Å². The minimum Gasteiger partial charge on any atom is -0.481 e. The van der Waals surface area contributed by atoms with Gasteiger partial charge in [-0.1, -0.05) is 0 Å². The number of carboxylic acid groups (broad SMARTS) is 1. The third-order valence-corrected chi connectivity index (χ3v) is 3.45. The van der Waals surface area contributed by atoms with E-state index < -0.39 is 17.9 Å². The predicted molar refractivity (Wildman–Crippen MR) is 70.2 cm³/mol. The zero-order chi connectivity index (χ0) is 15.3. The van der Waals surface area contributed by atoms with E-state index in [1.807, 2.05) is 0 Å². The lowest BCUT2D eigenvalue weighted by atomic mass is 10.0. The average Bonchev–Trinajstić information content (AvgIpc) is 2.92. The molecule has 0 aliphatic carbocycles. The number of ether oxygens (including phenoxy) is 1. The van der Waals surface area contributed by atoms with Crippen molar-refractivity contribution in [3.05, 3.63) is 0 Å². The first-order valence-corrected chi connectivity index (χ1v) is 6.37. The number of urea groups is 1. The molecule has 1 saturated heterocycles. The van der Waals surface area contributed by atoms with Crippen molar-refractivity contribution in [2.45, 2.75) is 12.5 Å². The van der Waals surface area contributed by atoms with Crippen LogP contribution in [0.3, 0.4) is 0 Å². The summed E-state index contributed by atoms with van der Waals surface area (Å²) in [5, 5.41) is 11.6. The molecule has 0 aromatic rings. The second-order valence-electron chi connectivity index (χ2n) is 4.79. The summed E-state index contributed by atoms with van der Waals surface area (Å²) in [6.45, 7) is 0.593. The zero-order valence-electron chi connectivity index (χ0n) is 12.0. The van der Waals surface area contributed by atoms with E-state index in [0.29, 0.717) is 0 Å². The summed E-state index contributed by atoms with van der Waals surface area (Å²) in [7, 11) is 4.66. The molecule has 20 heavy (non-hydrogen) atoms. The average molecular weight is 287 g/mol. The van der Waals surface area contributed by atoms with Crippen molar-refractivity contribution >= 4 is 17.9 Å². The minimum atomic E-state index is -0.972. The lowest BCUT2D eigenvalue weighted by molar-refractivity contribution is -0.142. The highest BCUT2D eigenvalue weighted by Crippen LogP contribution is 2.19. The van der Waals surface area contributed by atoms with Gasteiger partial charge in [0.2, 0.25) is 5.91 Å². The topological polar surface area (TPSA) is 99.2 Å². The standard InChI is InChI=1S/C12H21N3O5/c1-13-10(16)4-5-14(2)12(19)15(3)9-7-20-6-8(9)11(17)18/h8-9H,4-7H2,1-3H3,(H,13,16)(H,17,18). The van der Waals surface area contributed by atoms with Gasteiger partial charge in [0.15, 0.2) is 0 Å². The van der Waals surface area contributed by atoms with Gasteiger partial charge in [0.25, 0.3) is 0 Å². The number of hydrogen-bond acceptors (Lipinski definition) is 4. The molecule has 2 N–H and O–H groups in total. The molecule has 0 bridgehead atoms. The first-order valence-electron chi connectivity index (χ1n) is 6.37. The maximum atomic E-state index is 12.2. The molecule has 0 radical (unpaired) electrons. The maximum Gasteiger partial charge on any atom is 0.319 e. The molecule has 8 nitrogen and oxygen atoms in total. The molecule has 0 saturated carbocycles. The quantitative estimate of drug-likeness (QED) is 0.690. The molecular formula is C12H21N3O5. The number of nitrogens with one attached hydrogen (secondary N) is 1. The Labute approximate surface area is 117 Å². The maximum absolute atomic E-state index is 12.2. The van der Waals surface area contributed by atoms with E-state index in [1.165, 1.54) is 16.8 Å². The number of carboxylic acids is 1. The molecule has 1 heterocycles. The molecule has 114 valence electrons. The van der Waals surface area contributed by atoms with E-state index in [9.17, 15) is 14.4 Å². The number of carbonyl (C=O) groups excluding carboxylic acids is 2. The van der Waals surface area contributed by atoms with Crippen LogP contribution in [0.5, 0.6) is 0 Å². The summed E-state index contributed by atoms with van der Waals surface area (Å²) in [6.07, 6.45) is 0.204. The molecule has 2 unspecified atom stereocenters. The van der Waals surface area contributed by atoms with Crippen molar-refractivity contribution in [3.63, 3.8) is 0 Å². The van der Waals surface area contributed by atoms with E-state index >= 15 is 0 Å². The Hall–Kier alpha value is -1.83. The third kappa shape index (κ3) is 3.83. The van der Waals surface area contributed by atoms with Gasteiger partial charge in [0.05, 0.1) is 19.3 Å². The Bertz CT molecular complexity index is 387. The van der Waals surface area contributed by atoms with Crippen LogP contribution in [-0.2, 0) is 14.3 Å². The molecule has 2 atom stereocenters. The van der Waals surface area contributed by atoms with Gasteiger partial charge >= 0.3 is 12.0 Å². The second-order valence-corrected chi connectivity index (χ2v) is 4.79. The third-order valence-electron chi connectivity index (χ3n) is 3.45. The number of amides is 3. The van der Waals surface area contributed by atoms with Gasteiger partial charge in [-0.25, -0.2) is 4.79 Å². The number of nitrogens with zero attached hydrogens (tertiary/aromatic N) is 2. The highest BCUT2D eigenvalue weighted by Gasteiger charge is 2.39. The van der Waals surface area contributed by atoms with Gasteiger partial charge in [-0.05, 0) is 0 Å². The van der Waals surface area contributed by atoms with Crippen LogP contribution in [0.2, 0.25) is 0 Å². The van der Waals surface area contributed by atoms with E-state index in [4.69, 9.17) is 9.84 Å². The molecule has 1 rings (SSSR count). The van der Waals surface area contributed by atoms with Gasteiger partial charge in [-0.15, -0.1) is 0 Å². The number of carbonyl (C=O) groups is 3. The van der Waals surface area contributed by atoms with Crippen LogP contribution in [0.25, 0.3) is 0 Å². The number of rotatable bonds is 5. The summed E-state index contributed by atoms with van der Waals surface area (Å²) in [5.41, 5.74) is 0. The molecular weight excluding hydrogens is 266 g/mol. The summed E-state index contributed by atoms with van der Waals surface area (Å²) in [6, 6.07) is -0.807. The first kappa shape index (κ1) is 16.2. The summed E-state index contributed by atoms with van der Waals surface area (Å²) in [4.78, 5) is 37.2. The van der Waals surface area contributed by atoms with Crippen molar-refractivity contribution in [1.29, 1.82) is 0 Å².